The lowest BCUT2D eigenvalue weighted by Gasteiger charge is -2.09. The van der Waals surface area contributed by atoms with Crippen molar-refractivity contribution in [3.8, 4) is 0 Å². The first kappa shape index (κ1) is 14.4. The van der Waals surface area contributed by atoms with Crippen LogP contribution in [0.25, 0.3) is 0 Å². The van der Waals surface area contributed by atoms with E-state index in [0.29, 0.717) is 0 Å². The number of aromatic nitrogens is 1. The lowest BCUT2D eigenvalue weighted by atomic mass is 10.3. The number of hydrogen-bond donors (Lipinski definition) is 2. The van der Waals surface area contributed by atoms with Crippen LogP contribution in [-0.2, 0) is 10.0 Å². The number of H-pyrrole nitrogens is 1. The summed E-state index contributed by atoms with van der Waals surface area (Å²) in [5.41, 5.74) is -0.363. The minimum atomic E-state index is -3.96. The number of anilines is 1. The summed E-state index contributed by atoms with van der Waals surface area (Å²) in [6, 6.07) is 6.01. The highest BCUT2D eigenvalue weighted by Crippen LogP contribution is 2.25. The number of benzene rings is 1. The molecule has 0 aliphatic carbocycles. The summed E-state index contributed by atoms with van der Waals surface area (Å²) in [6.45, 7) is 0. The Bertz CT molecular complexity index is 774. The molecule has 0 bridgehead atoms. The van der Waals surface area contributed by atoms with Gasteiger partial charge in [0.05, 0.1) is 10.7 Å². The van der Waals surface area contributed by atoms with Crippen molar-refractivity contribution in [3.63, 3.8) is 0 Å². The van der Waals surface area contributed by atoms with E-state index in [1.807, 2.05) is 0 Å². The fraction of sp³-hybridized carbons (Fsp3) is 0. The second-order valence-corrected chi connectivity index (χ2v) is 6.91. The molecule has 19 heavy (non-hydrogen) atoms. The Kier molecular flexibility index (Phi) is 4.16. The molecule has 0 aliphatic rings. The van der Waals surface area contributed by atoms with Gasteiger partial charge in [0, 0.05) is 22.0 Å². The fourth-order valence-corrected chi connectivity index (χ4v) is 3.48. The summed E-state index contributed by atoms with van der Waals surface area (Å²) in [4.78, 5) is 13.7. The smallest absolute Gasteiger partial charge is 0.267 e. The van der Waals surface area contributed by atoms with Crippen LogP contribution in [0.4, 0.5) is 5.69 Å². The molecule has 0 spiro atoms. The number of aromatic amines is 1. The SMILES string of the molecule is O=c1cc[nH]cc1S(=O)(=O)Nc1ccc(I)cc1Cl. The van der Waals surface area contributed by atoms with E-state index in [1.165, 1.54) is 6.20 Å². The molecule has 0 aliphatic heterocycles. The third-order valence-electron chi connectivity index (χ3n) is 2.25. The number of hydrogen-bond acceptors (Lipinski definition) is 3. The van der Waals surface area contributed by atoms with Crippen LogP contribution < -0.4 is 10.2 Å². The first-order valence-electron chi connectivity index (χ1n) is 5.05. The molecule has 0 fully saturated rings. The molecule has 2 N–H and O–H groups in total. The standard InChI is InChI=1S/C11H8ClIN2O3S/c12-8-5-7(13)1-2-9(8)15-19(17,18)11-6-14-4-3-10(11)16/h1-6,15H,(H,14,16). The maximum atomic E-state index is 12.1. The van der Waals surface area contributed by atoms with E-state index in [9.17, 15) is 13.2 Å². The molecule has 0 amide bonds. The Morgan fingerprint density at radius 3 is 2.63 bits per heavy atom. The van der Waals surface area contributed by atoms with Gasteiger partial charge in [-0.15, -0.1) is 0 Å². The second kappa shape index (κ2) is 5.51. The average molecular weight is 411 g/mol. The van der Waals surface area contributed by atoms with Crippen molar-refractivity contribution >= 4 is 49.9 Å². The molecular weight excluding hydrogens is 403 g/mol. The zero-order valence-corrected chi connectivity index (χ0v) is 13.1. The van der Waals surface area contributed by atoms with Crippen molar-refractivity contribution in [2.24, 2.45) is 0 Å². The first-order chi connectivity index (χ1) is 8.90. The average Bonchev–Trinajstić information content (AvgIpc) is 2.33. The lowest BCUT2D eigenvalue weighted by Crippen LogP contribution is -2.21. The van der Waals surface area contributed by atoms with E-state index in [0.717, 1.165) is 15.8 Å². The molecule has 1 aromatic heterocycles. The second-order valence-electron chi connectivity index (χ2n) is 3.60. The lowest BCUT2D eigenvalue weighted by molar-refractivity contribution is 0.600. The number of nitrogens with one attached hydrogen (secondary N) is 2. The Morgan fingerprint density at radius 1 is 1.26 bits per heavy atom. The Hall–Kier alpha value is -1.06. The minimum Gasteiger partial charge on any atom is -0.366 e. The van der Waals surface area contributed by atoms with Gasteiger partial charge in [0.2, 0.25) is 5.43 Å². The van der Waals surface area contributed by atoms with Gasteiger partial charge < -0.3 is 4.98 Å². The summed E-state index contributed by atoms with van der Waals surface area (Å²) in [6.07, 6.45) is 2.49. The number of rotatable bonds is 3. The fourth-order valence-electron chi connectivity index (χ4n) is 1.38. The van der Waals surface area contributed by atoms with E-state index >= 15 is 0 Å². The molecule has 5 nitrogen and oxygen atoms in total. The van der Waals surface area contributed by atoms with Crippen molar-refractivity contribution in [1.82, 2.24) is 4.98 Å². The zero-order chi connectivity index (χ0) is 14.0. The van der Waals surface area contributed by atoms with Crippen molar-refractivity contribution in [2.75, 3.05) is 4.72 Å². The minimum absolute atomic E-state index is 0.227. The monoisotopic (exact) mass is 410 g/mol. The normalized spacial score (nSPS) is 11.3. The molecule has 2 aromatic rings. The van der Waals surface area contributed by atoms with Gasteiger partial charge in [0.25, 0.3) is 10.0 Å². The Balaban J connectivity index is 2.43. The van der Waals surface area contributed by atoms with Crippen LogP contribution >= 0.6 is 34.2 Å². The zero-order valence-electron chi connectivity index (χ0n) is 9.35. The van der Waals surface area contributed by atoms with Crippen LogP contribution in [0.1, 0.15) is 0 Å². The summed E-state index contributed by atoms with van der Waals surface area (Å²) < 4.78 is 27.3. The summed E-state index contributed by atoms with van der Waals surface area (Å²) >= 11 is 8.00. The molecule has 0 saturated heterocycles. The molecular formula is C11H8ClIN2O3S. The third kappa shape index (κ3) is 3.28. The Labute approximate surface area is 128 Å². The topological polar surface area (TPSA) is 79.0 Å². The van der Waals surface area contributed by atoms with Crippen LogP contribution in [0.3, 0.4) is 0 Å². The largest absolute Gasteiger partial charge is 0.366 e. The van der Waals surface area contributed by atoms with Gasteiger partial charge >= 0.3 is 0 Å². The molecule has 8 heteroatoms. The maximum Gasteiger partial charge on any atom is 0.267 e. The molecule has 1 heterocycles. The van der Waals surface area contributed by atoms with Crippen molar-refractivity contribution < 1.29 is 8.42 Å². The number of sulfonamides is 1. The van der Waals surface area contributed by atoms with Crippen molar-refractivity contribution in [1.29, 1.82) is 0 Å². The van der Waals surface area contributed by atoms with E-state index in [2.05, 4.69) is 32.3 Å². The summed E-state index contributed by atoms with van der Waals surface area (Å²) in [5, 5.41) is 0.267. The predicted octanol–water partition coefficient (Wildman–Crippen LogP) is 2.43. The molecule has 0 saturated carbocycles. The highest BCUT2D eigenvalue weighted by Gasteiger charge is 2.18. The molecule has 2 rings (SSSR count). The van der Waals surface area contributed by atoms with Crippen LogP contribution in [0.5, 0.6) is 0 Å². The summed E-state index contributed by atoms with van der Waals surface area (Å²) in [5.74, 6) is 0. The van der Waals surface area contributed by atoms with Crippen LogP contribution in [-0.4, -0.2) is 13.4 Å². The number of halogens is 2. The third-order valence-corrected chi connectivity index (χ3v) is 4.62. The van der Waals surface area contributed by atoms with Gasteiger partial charge in [-0.3, -0.25) is 9.52 Å². The van der Waals surface area contributed by atoms with E-state index in [-0.39, 0.29) is 15.6 Å². The molecule has 0 atom stereocenters. The van der Waals surface area contributed by atoms with E-state index < -0.39 is 15.5 Å². The van der Waals surface area contributed by atoms with Gasteiger partial charge in [-0.25, -0.2) is 8.42 Å². The Morgan fingerprint density at radius 2 is 2.00 bits per heavy atom. The van der Waals surface area contributed by atoms with E-state index in [4.69, 9.17) is 11.6 Å². The van der Waals surface area contributed by atoms with Crippen LogP contribution in [0, 0.1) is 3.57 Å². The number of pyridine rings is 1. The predicted molar refractivity (Wildman–Crippen MR) is 82.0 cm³/mol. The van der Waals surface area contributed by atoms with Gasteiger partial charge in [-0.1, -0.05) is 11.6 Å². The molecule has 0 radical (unpaired) electrons. The van der Waals surface area contributed by atoms with Gasteiger partial charge in [-0.2, -0.15) is 0 Å². The van der Waals surface area contributed by atoms with Gasteiger partial charge in [-0.05, 0) is 40.8 Å². The molecule has 0 unspecified atom stereocenters. The highest BCUT2D eigenvalue weighted by molar-refractivity contribution is 14.1. The van der Waals surface area contributed by atoms with Crippen molar-refractivity contribution in [2.45, 2.75) is 4.90 Å². The molecule has 100 valence electrons. The van der Waals surface area contributed by atoms with Crippen LogP contribution in [0.2, 0.25) is 5.02 Å². The van der Waals surface area contributed by atoms with Crippen molar-refractivity contribution in [3.05, 3.63) is 55.5 Å². The van der Waals surface area contributed by atoms with E-state index in [1.54, 1.807) is 18.2 Å². The van der Waals surface area contributed by atoms with Gasteiger partial charge in [0.1, 0.15) is 0 Å². The quantitative estimate of drug-likeness (QED) is 0.763. The maximum absolute atomic E-state index is 12.1. The first-order valence-corrected chi connectivity index (χ1v) is 7.99. The van der Waals surface area contributed by atoms with Crippen LogP contribution in [0.15, 0.2) is 46.3 Å². The van der Waals surface area contributed by atoms with Gasteiger partial charge in [0.15, 0.2) is 4.90 Å². The molecule has 1 aromatic carbocycles. The summed E-state index contributed by atoms with van der Waals surface area (Å²) in [7, 11) is -3.96. The highest BCUT2D eigenvalue weighted by atomic mass is 127.